The Morgan fingerprint density at radius 2 is 1.64 bits per heavy atom. The zero-order valence-electron chi connectivity index (χ0n) is 16.5. The Morgan fingerprint density at radius 3 is 2.25 bits per heavy atom. The van der Waals surface area contributed by atoms with Gasteiger partial charge in [-0.1, -0.05) is 30.3 Å². The highest BCUT2D eigenvalue weighted by Gasteiger charge is 2.17. The molecule has 0 radical (unpaired) electrons. The highest BCUT2D eigenvalue weighted by atomic mass is 19.1. The zero-order chi connectivity index (χ0) is 20.5. The van der Waals surface area contributed by atoms with Crippen LogP contribution in [0.2, 0.25) is 0 Å². The maximum Gasteiger partial charge on any atom is 0.307 e. The first-order valence-electron chi connectivity index (χ1n) is 9.18. The maximum absolute atomic E-state index is 13.1. The molecule has 28 heavy (non-hydrogen) atoms. The lowest BCUT2D eigenvalue weighted by molar-refractivity contribution is -0.142. The van der Waals surface area contributed by atoms with Gasteiger partial charge in [-0.3, -0.25) is 9.59 Å². The van der Waals surface area contributed by atoms with Crippen LogP contribution in [-0.2, 0) is 20.7 Å². The molecular formula is C22H26FNO4. The van der Waals surface area contributed by atoms with Gasteiger partial charge in [0, 0.05) is 13.1 Å². The van der Waals surface area contributed by atoms with Gasteiger partial charge in [-0.2, -0.15) is 0 Å². The highest BCUT2D eigenvalue weighted by molar-refractivity contribution is 5.78. The molecule has 1 amide bonds. The van der Waals surface area contributed by atoms with Crippen LogP contribution in [0.15, 0.2) is 42.5 Å². The summed E-state index contributed by atoms with van der Waals surface area (Å²) in [5.41, 5.74) is 2.83. The summed E-state index contributed by atoms with van der Waals surface area (Å²) in [5, 5.41) is 0. The van der Waals surface area contributed by atoms with E-state index >= 15 is 0 Å². The monoisotopic (exact) mass is 387 g/mol. The lowest BCUT2D eigenvalue weighted by atomic mass is 10.1. The molecular weight excluding hydrogens is 361 g/mol. The van der Waals surface area contributed by atoms with Crippen molar-refractivity contribution in [3.8, 4) is 5.75 Å². The highest BCUT2D eigenvalue weighted by Crippen LogP contribution is 2.22. The third-order valence-corrected chi connectivity index (χ3v) is 4.50. The van der Waals surface area contributed by atoms with Crippen LogP contribution in [-0.4, -0.2) is 43.6 Å². The number of nitrogens with zero attached hydrogens (tertiary/aromatic N) is 1. The number of carbonyl (C=O) groups is 2. The third-order valence-electron chi connectivity index (χ3n) is 4.50. The van der Waals surface area contributed by atoms with E-state index in [0.717, 1.165) is 16.7 Å². The molecule has 0 spiro atoms. The Kier molecular flexibility index (Phi) is 7.99. The van der Waals surface area contributed by atoms with E-state index in [1.807, 2.05) is 32.0 Å². The van der Waals surface area contributed by atoms with Gasteiger partial charge in [-0.15, -0.1) is 0 Å². The summed E-state index contributed by atoms with van der Waals surface area (Å²) < 4.78 is 23.5. The van der Waals surface area contributed by atoms with Crippen LogP contribution in [0.1, 0.15) is 23.1 Å². The van der Waals surface area contributed by atoms with Crippen LogP contribution in [0.5, 0.6) is 5.75 Å². The van der Waals surface area contributed by atoms with Crippen molar-refractivity contribution in [1.82, 2.24) is 4.90 Å². The van der Waals surface area contributed by atoms with E-state index < -0.39 is 0 Å². The fraction of sp³-hybridized carbons (Fsp3) is 0.364. The van der Waals surface area contributed by atoms with Crippen LogP contribution < -0.4 is 4.74 Å². The standard InChI is InChI=1S/C22H26FNO4/c1-16-5-4-6-17(2)22(16)28-15-20(25)24(14-12-21(26)27-3)13-11-18-7-9-19(23)10-8-18/h4-10H,11-15H2,1-3H3. The molecule has 0 aliphatic rings. The molecule has 5 nitrogen and oxygen atoms in total. The predicted molar refractivity (Wildman–Crippen MR) is 105 cm³/mol. The number of hydrogen-bond acceptors (Lipinski definition) is 4. The summed E-state index contributed by atoms with van der Waals surface area (Å²) in [6, 6.07) is 11.9. The molecule has 2 aromatic carbocycles. The fourth-order valence-corrected chi connectivity index (χ4v) is 2.86. The number of benzene rings is 2. The first kappa shape index (κ1) is 21.4. The smallest absolute Gasteiger partial charge is 0.307 e. The average molecular weight is 387 g/mol. The molecule has 0 N–H and O–H groups in total. The van der Waals surface area contributed by atoms with Gasteiger partial charge in [-0.25, -0.2) is 4.39 Å². The van der Waals surface area contributed by atoms with E-state index in [9.17, 15) is 14.0 Å². The van der Waals surface area contributed by atoms with Gasteiger partial charge in [0.1, 0.15) is 11.6 Å². The van der Waals surface area contributed by atoms with Crippen LogP contribution in [0.4, 0.5) is 4.39 Å². The molecule has 0 bridgehead atoms. The van der Waals surface area contributed by atoms with Crippen molar-refractivity contribution in [2.75, 3.05) is 26.8 Å². The second-order valence-electron chi connectivity index (χ2n) is 6.59. The van der Waals surface area contributed by atoms with Gasteiger partial charge in [0.25, 0.3) is 5.91 Å². The molecule has 0 fully saturated rings. The van der Waals surface area contributed by atoms with E-state index in [1.54, 1.807) is 17.0 Å². The molecule has 0 aromatic heterocycles. The summed E-state index contributed by atoms with van der Waals surface area (Å²) in [4.78, 5) is 25.8. The van der Waals surface area contributed by atoms with Gasteiger partial charge in [0.2, 0.25) is 0 Å². The molecule has 0 saturated heterocycles. The normalized spacial score (nSPS) is 10.4. The van der Waals surface area contributed by atoms with Crippen molar-refractivity contribution in [3.05, 3.63) is 65.0 Å². The number of halogens is 1. The largest absolute Gasteiger partial charge is 0.483 e. The number of carbonyl (C=O) groups excluding carboxylic acids is 2. The third kappa shape index (κ3) is 6.37. The number of amides is 1. The van der Waals surface area contributed by atoms with E-state index in [0.29, 0.717) is 18.7 Å². The van der Waals surface area contributed by atoms with Gasteiger partial charge in [0.15, 0.2) is 6.61 Å². The van der Waals surface area contributed by atoms with Crippen molar-refractivity contribution >= 4 is 11.9 Å². The first-order chi connectivity index (χ1) is 13.4. The predicted octanol–water partition coefficient (Wildman–Crippen LogP) is 3.46. The first-order valence-corrected chi connectivity index (χ1v) is 9.18. The minimum atomic E-state index is -0.379. The lowest BCUT2D eigenvalue weighted by Gasteiger charge is -2.23. The number of esters is 1. The van der Waals surface area contributed by atoms with Gasteiger partial charge in [-0.05, 0) is 49.1 Å². The van der Waals surface area contributed by atoms with Crippen molar-refractivity contribution < 1.29 is 23.5 Å². The molecule has 0 saturated carbocycles. The maximum atomic E-state index is 13.1. The number of rotatable bonds is 9. The SMILES string of the molecule is COC(=O)CCN(CCc1ccc(F)cc1)C(=O)COc1c(C)cccc1C. The average Bonchev–Trinajstić information content (AvgIpc) is 2.68. The van der Waals surface area contributed by atoms with Crippen molar-refractivity contribution in [2.45, 2.75) is 26.7 Å². The Labute approximate surface area is 165 Å². The number of methoxy groups -OCH3 is 1. The molecule has 0 aliphatic carbocycles. The second kappa shape index (κ2) is 10.4. The summed E-state index contributed by atoms with van der Waals surface area (Å²) >= 11 is 0. The van der Waals surface area contributed by atoms with Gasteiger partial charge in [0.05, 0.1) is 13.5 Å². The van der Waals surface area contributed by atoms with Crippen molar-refractivity contribution in [1.29, 1.82) is 0 Å². The quantitative estimate of drug-likeness (QED) is 0.619. The van der Waals surface area contributed by atoms with Crippen molar-refractivity contribution in [2.24, 2.45) is 0 Å². The summed E-state index contributed by atoms with van der Waals surface area (Å²) in [6.07, 6.45) is 0.658. The Balaban J connectivity index is 2.00. The topological polar surface area (TPSA) is 55.8 Å². The molecule has 0 atom stereocenters. The van der Waals surface area contributed by atoms with Crippen LogP contribution >= 0.6 is 0 Å². The number of hydrogen-bond donors (Lipinski definition) is 0. The van der Waals surface area contributed by atoms with Crippen LogP contribution in [0.3, 0.4) is 0 Å². The molecule has 2 aromatic rings. The molecule has 0 aliphatic heterocycles. The van der Waals surface area contributed by atoms with E-state index in [1.165, 1.54) is 19.2 Å². The van der Waals surface area contributed by atoms with Crippen LogP contribution in [0, 0.1) is 19.7 Å². The van der Waals surface area contributed by atoms with E-state index in [2.05, 4.69) is 4.74 Å². The van der Waals surface area contributed by atoms with Crippen LogP contribution in [0.25, 0.3) is 0 Å². The number of para-hydroxylation sites is 1. The van der Waals surface area contributed by atoms with Gasteiger partial charge >= 0.3 is 5.97 Å². The molecule has 2 rings (SSSR count). The van der Waals surface area contributed by atoms with E-state index in [-0.39, 0.29) is 37.3 Å². The summed E-state index contributed by atoms with van der Waals surface area (Å²) in [6.45, 7) is 4.38. The summed E-state index contributed by atoms with van der Waals surface area (Å²) in [7, 11) is 1.32. The van der Waals surface area contributed by atoms with Crippen molar-refractivity contribution in [3.63, 3.8) is 0 Å². The minimum Gasteiger partial charge on any atom is -0.483 e. The molecule has 0 heterocycles. The van der Waals surface area contributed by atoms with Gasteiger partial charge < -0.3 is 14.4 Å². The fourth-order valence-electron chi connectivity index (χ4n) is 2.86. The number of ether oxygens (including phenoxy) is 2. The molecule has 150 valence electrons. The van der Waals surface area contributed by atoms with E-state index in [4.69, 9.17) is 4.74 Å². The lowest BCUT2D eigenvalue weighted by Crippen LogP contribution is -2.38. The second-order valence-corrected chi connectivity index (χ2v) is 6.59. The molecule has 6 heteroatoms. The zero-order valence-corrected chi connectivity index (χ0v) is 16.5. The molecule has 0 unspecified atom stereocenters. The Hall–Kier alpha value is -2.89. The number of aryl methyl sites for hydroxylation is 2. The Bertz CT molecular complexity index is 784. The summed E-state index contributed by atoms with van der Waals surface area (Å²) in [5.74, 6) is -0.199. The minimum absolute atomic E-state index is 0.106. The Morgan fingerprint density at radius 1 is 1.00 bits per heavy atom.